The Balaban J connectivity index is 1.36. The van der Waals surface area contributed by atoms with Gasteiger partial charge in [0.2, 0.25) is 0 Å². The largest absolute Gasteiger partial charge is 0.371 e. The van der Waals surface area contributed by atoms with Crippen molar-refractivity contribution in [1.29, 1.82) is 0 Å². The van der Waals surface area contributed by atoms with Gasteiger partial charge < -0.3 is 10.1 Å². The van der Waals surface area contributed by atoms with E-state index < -0.39 is 0 Å². The minimum Gasteiger partial charge on any atom is -0.371 e. The lowest BCUT2D eigenvalue weighted by Gasteiger charge is -2.33. The third-order valence-electron chi connectivity index (χ3n) is 4.60. The van der Waals surface area contributed by atoms with Crippen LogP contribution in [0.1, 0.15) is 17.2 Å². The fourth-order valence-electron chi connectivity index (χ4n) is 3.24. The van der Waals surface area contributed by atoms with Crippen molar-refractivity contribution < 1.29 is 4.74 Å². The Hall–Kier alpha value is -2.69. The average molecular weight is 345 g/mol. The molecule has 2 heterocycles. The number of nitrogens with zero attached hydrogens (tertiary/aromatic N) is 2. The molecule has 4 nitrogen and oxygen atoms in total. The molecule has 1 fully saturated rings. The number of anilines is 2. The fraction of sp³-hybridized carbons (Fsp3) is 0.227. The van der Waals surface area contributed by atoms with Crippen LogP contribution < -0.4 is 5.32 Å². The first kappa shape index (κ1) is 16.8. The molecular weight excluding hydrogens is 322 g/mol. The lowest BCUT2D eigenvalue weighted by Crippen LogP contribution is -2.37. The third kappa shape index (κ3) is 4.28. The summed E-state index contributed by atoms with van der Waals surface area (Å²) in [5, 5.41) is 3.32. The van der Waals surface area contributed by atoms with E-state index in [2.05, 4.69) is 45.5 Å². The average Bonchev–Trinajstić information content (AvgIpc) is 2.71. The minimum atomic E-state index is 0.150. The predicted molar refractivity (Wildman–Crippen MR) is 104 cm³/mol. The van der Waals surface area contributed by atoms with Crippen molar-refractivity contribution in [3.05, 3.63) is 90.1 Å². The molecule has 3 aromatic rings. The van der Waals surface area contributed by atoms with Gasteiger partial charge in [-0.1, -0.05) is 54.6 Å². The maximum Gasteiger partial charge on any atom is 0.130 e. The zero-order chi connectivity index (χ0) is 17.6. The number of aromatic nitrogens is 1. The molecule has 0 aliphatic carbocycles. The molecule has 26 heavy (non-hydrogen) atoms. The molecule has 2 aromatic carbocycles. The summed E-state index contributed by atoms with van der Waals surface area (Å²) in [5.74, 6) is 0.865. The maximum atomic E-state index is 5.95. The Labute approximate surface area is 154 Å². The van der Waals surface area contributed by atoms with E-state index >= 15 is 0 Å². The van der Waals surface area contributed by atoms with Crippen LogP contribution in [-0.2, 0) is 11.3 Å². The van der Waals surface area contributed by atoms with Crippen LogP contribution in [0.5, 0.6) is 0 Å². The molecule has 132 valence electrons. The molecule has 0 spiro atoms. The van der Waals surface area contributed by atoms with E-state index in [9.17, 15) is 0 Å². The standard InChI is InChI=1S/C22H23N3O/c1-3-7-19(8-4-1)21-17-25(13-14-26-21)16-18-11-12-22(23-15-18)24-20-9-5-2-6-10-20/h1-12,15,21H,13-14,16-17H2,(H,23,24)/t21-/m1/s1. The molecule has 1 N–H and O–H groups in total. The lowest BCUT2D eigenvalue weighted by molar-refractivity contribution is -0.0329. The van der Waals surface area contributed by atoms with Gasteiger partial charge in [-0.2, -0.15) is 0 Å². The molecule has 0 radical (unpaired) electrons. The van der Waals surface area contributed by atoms with Crippen LogP contribution in [0.3, 0.4) is 0 Å². The molecule has 0 unspecified atom stereocenters. The lowest BCUT2D eigenvalue weighted by atomic mass is 10.1. The van der Waals surface area contributed by atoms with Gasteiger partial charge >= 0.3 is 0 Å². The Morgan fingerprint density at radius 1 is 0.962 bits per heavy atom. The Morgan fingerprint density at radius 3 is 2.46 bits per heavy atom. The van der Waals surface area contributed by atoms with Crippen molar-refractivity contribution >= 4 is 11.5 Å². The van der Waals surface area contributed by atoms with Crippen molar-refractivity contribution in [2.75, 3.05) is 25.0 Å². The summed E-state index contributed by atoms with van der Waals surface area (Å²) in [6.45, 7) is 3.52. The smallest absolute Gasteiger partial charge is 0.130 e. The Kier molecular flexibility index (Phi) is 5.24. The molecule has 4 heteroatoms. The van der Waals surface area contributed by atoms with Crippen molar-refractivity contribution in [1.82, 2.24) is 9.88 Å². The van der Waals surface area contributed by atoms with Gasteiger partial charge in [-0.25, -0.2) is 4.98 Å². The summed E-state index contributed by atoms with van der Waals surface area (Å²) in [6, 6.07) is 24.7. The van der Waals surface area contributed by atoms with E-state index in [4.69, 9.17) is 4.74 Å². The SMILES string of the molecule is c1ccc(Nc2ccc(CN3CCO[C@@H](c4ccccc4)C3)cn2)cc1. The number of pyridine rings is 1. The minimum absolute atomic E-state index is 0.150. The third-order valence-corrected chi connectivity index (χ3v) is 4.60. The molecular formula is C22H23N3O. The van der Waals surface area contributed by atoms with Crippen LogP contribution in [-0.4, -0.2) is 29.6 Å². The second-order valence-corrected chi connectivity index (χ2v) is 6.55. The van der Waals surface area contributed by atoms with Gasteiger partial charge in [0, 0.05) is 31.5 Å². The molecule has 0 bridgehead atoms. The summed E-state index contributed by atoms with van der Waals surface area (Å²) < 4.78 is 5.95. The van der Waals surface area contributed by atoms with Crippen molar-refractivity contribution in [3.63, 3.8) is 0 Å². The van der Waals surface area contributed by atoms with Crippen molar-refractivity contribution in [2.45, 2.75) is 12.6 Å². The van der Waals surface area contributed by atoms with Gasteiger partial charge in [-0.05, 0) is 29.3 Å². The van der Waals surface area contributed by atoms with Crippen LogP contribution in [0, 0.1) is 0 Å². The number of para-hydroxylation sites is 1. The summed E-state index contributed by atoms with van der Waals surface area (Å²) in [6.07, 6.45) is 2.11. The Morgan fingerprint density at radius 2 is 1.73 bits per heavy atom. The quantitative estimate of drug-likeness (QED) is 0.744. The van der Waals surface area contributed by atoms with Gasteiger partial charge in [0.25, 0.3) is 0 Å². The normalized spacial score (nSPS) is 17.8. The monoisotopic (exact) mass is 345 g/mol. The first-order valence-corrected chi connectivity index (χ1v) is 9.03. The molecule has 1 aliphatic rings. The summed E-state index contributed by atoms with van der Waals surface area (Å²) in [7, 11) is 0. The van der Waals surface area contributed by atoms with E-state index in [0.29, 0.717) is 0 Å². The van der Waals surface area contributed by atoms with Crippen molar-refractivity contribution in [2.24, 2.45) is 0 Å². The molecule has 0 amide bonds. The number of ether oxygens (including phenoxy) is 1. The van der Waals surface area contributed by atoms with Crippen LogP contribution in [0.2, 0.25) is 0 Å². The van der Waals surface area contributed by atoms with Crippen LogP contribution >= 0.6 is 0 Å². The zero-order valence-electron chi connectivity index (χ0n) is 14.7. The van der Waals surface area contributed by atoms with Gasteiger partial charge in [-0.15, -0.1) is 0 Å². The van der Waals surface area contributed by atoms with Crippen molar-refractivity contribution in [3.8, 4) is 0 Å². The van der Waals surface area contributed by atoms with E-state index in [-0.39, 0.29) is 6.10 Å². The number of nitrogens with one attached hydrogen (secondary N) is 1. The van der Waals surface area contributed by atoms with E-state index in [1.54, 1.807) is 0 Å². The van der Waals surface area contributed by atoms with Gasteiger partial charge in [0.1, 0.15) is 5.82 Å². The Bertz CT molecular complexity index is 806. The molecule has 1 aromatic heterocycles. The number of morpholine rings is 1. The van der Waals surface area contributed by atoms with Gasteiger partial charge in [0.15, 0.2) is 0 Å². The predicted octanol–water partition coefficient (Wildman–Crippen LogP) is 4.40. The highest BCUT2D eigenvalue weighted by molar-refractivity contribution is 5.55. The second kappa shape index (κ2) is 8.13. The van der Waals surface area contributed by atoms with E-state index in [1.165, 1.54) is 11.1 Å². The van der Waals surface area contributed by atoms with Crippen LogP contribution in [0.15, 0.2) is 79.0 Å². The number of hydrogen-bond donors (Lipinski definition) is 1. The fourth-order valence-corrected chi connectivity index (χ4v) is 3.24. The molecule has 1 aliphatic heterocycles. The first-order chi connectivity index (χ1) is 12.9. The summed E-state index contributed by atoms with van der Waals surface area (Å²) in [4.78, 5) is 6.98. The number of hydrogen-bond acceptors (Lipinski definition) is 4. The second-order valence-electron chi connectivity index (χ2n) is 6.55. The molecule has 0 saturated carbocycles. The van der Waals surface area contributed by atoms with E-state index in [1.807, 2.05) is 48.7 Å². The number of benzene rings is 2. The highest BCUT2D eigenvalue weighted by Gasteiger charge is 2.21. The summed E-state index contributed by atoms with van der Waals surface area (Å²) >= 11 is 0. The van der Waals surface area contributed by atoms with Gasteiger partial charge in [-0.3, -0.25) is 4.90 Å². The zero-order valence-corrected chi connectivity index (χ0v) is 14.7. The first-order valence-electron chi connectivity index (χ1n) is 9.03. The number of rotatable bonds is 5. The van der Waals surface area contributed by atoms with Gasteiger partial charge in [0.05, 0.1) is 12.7 Å². The molecule has 1 saturated heterocycles. The molecule has 4 rings (SSSR count). The topological polar surface area (TPSA) is 37.4 Å². The maximum absolute atomic E-state index is 5.95. The molecule has 1 atom stereocenters. The summed E-state index contributed by atoms with van der Waals surface area (Å²) in [5.41, 5.74) is 3.52. The van der Waals surface area contributed by atoms with Crippen LogP contribution in [0.4, 0.5) is 11.5 Å². The van der Waals surface area contributed by atoms with E-state index in [0.717, 1.165) is 37.7 Å². The van der Waals surface area contributed by atoms with Crippen LogP contribution in [0.25, 0.3) is 0 Å². The highest BCUT2D eigenvalue weighted by atomic mass is 16.5. The highest BCUT2D eigenvalue weighted by Crippen LogP contribution is 2.23.